The summed E-state index contributed by atoms with van der Waals surface area (Å²) in [5.74, 6) is 0.575. The molecule has 0 fully saturated rings. The van der Waals surface area contributed by atoms with Crippen molar-refractivity contribution in [2.45, 2.75) is 12.5 Å². The number of hydrogen-bond donors (Lipinski definition) is 1. The maximum Gasteiger partial charge on any atom is 0.269 e. The van der Waals surface area contributed by atoms with E-state index in [1.54, 1.807) is 19.2 Å². The summed E-state index contributed by atoms with van der Waals surface area (Å²) >= 11 is 0. The molecule has 0 saturated heterocycles. The van der Waals surface area contributed by atoms with Crippen molar-refractivity contribution in [3.63, 3.8) is 0 Å². The van der Waals surface area contributed by atoms with Crippen molar-refractivity contribution in [2.75, 3.05) is 7.11 Å². The second-order valence-corrected chi connectivity index (χ2v) is 6.28. The van der Waals surface area contributed by atoms with Crippen LogP contribution < -0.4 is 10.1 Å². The first-order valence-electron chi connectivity index (χ1n) is 8.78. The lowest BCUT2D eigenvalue weighted by Crippen LogP contribution is -2.30. The highest BCUT2D eigenvalue weighted by Crippen LogP contribution is 2.24. The highest BCUT2D eigenvalue weighted by atomic mass is 16.6. The molecule has 28 heavy (non-hydrogen) atoms. The zero-order valence-corrected chi connectivity index (χ0v) is 15.4. The quantitative estimate of drug-likeness (QED) is 0.498. The largest absolute Gasteiger partial charge is 0.497 e. The van der Waals surface area contributed by atoms with Crippen LogP contribution in [0.15, 0.2) is 78.9 Å². The van der Waals surface area contributed by atoms with Crippen LogP contribution in [0.3, 0.4) is 0 Å². The van der Waals surface area contributed by atoms with Crippen molar-refractivity contribution in [3.05, 3.63) is 106 Å². The van der Waals surface area contributed by atoms with Gasteiger partial charge in [-0.05, 0) is 28.8 Å². The maximum atomic E-state index is 12.6. The molecule has 3 rings (SSSR count). The Bertz CT molecular complexity index is 939. The van der Waals surface area contributed by atoms with E-state index in [-0.39, 0.29) is 24.1 Å². The summed E-state index contributed by atoms with van der Waals surface area (Å²) in [7, 11) is 1.61. The Balaban J connectivity index is 1.78. The zero-order chi connectivity index (χ0) is 19.9. The Kier molecular flexibility index (Phi) is 6.01. The molecule has 6 nitrogen and oxygen atoms in total. The van der Waals surface area contributed by atoms with Crippen LogP contribution in [0.25, 0.3) is 0 Å². The predicted molar refractivity (Wildman–Crippen MR) is 106 cm³/mol. The Labute approximate surface area is 162 Å². The van der Waals surface area contributed by atoms with Crippen molar-refractivity contribution >= 4 is 11.6 Å². The number of carbonyl (C=O) groups is 1. The number of methoxy groups -OCH3 is 1. The molecule has 0 aliphatic carbocycles. The fraction of sp³-hybridized carbons (Fsp3) is 0.136. The molecular weight excluding hydrogens is 356 g/mol. The number of hydrogen-bond acceptors (Lipinski definition) is 4. The van der Waals surface area contributed by atoms with Crippen LogP contribution in [0.5, 0.6) is 5.75 Å². The minimum absolute atomic E-state index is 0.00422. The number of nitro groups is 1. The molecule has 3 aromatic carbocycles. The van der Waals surface area contributed by atoms with E-state index in [9.17, 15) is 14.9 Å². The van der Waals surface area contributed by atoms with Crippen molar-refractivity contribution in [2.24, 2.45) is 0 Å². The van der Waals surface area contributed by atoms with E-state index in [0.717, 1.165) is 16.9 Å². The van der Waals surface area contributed by atoms with Crippen LogP contribution in [0.1, 0.15) is 22.7 Å². The van der Waals surface area contributed by atoms with E-state index >= 15 is 0 Å². The van der Waals surface area contributed by atoms with Crippen LogP contribution >= 0.6 is 0 Å². The number of nitrogens with zero attached hydrogens (tertiary/aromatic N) is 1. The molecule has 0 spiro atoms. The SMILES string of the molecule is COc1ccc(C(NC(=O)Cc2ccc([N+](=O)[O-])cc2)c2ccccc2)cc1. The summed E-state index contributed by atoms with van der Waals surface area (Å²) < 4.78 is 5.21. The third kappa shape index (κ3) is 4.73. The second-order valence-electron chi connectivity index (χ2n) is 6.28. The van der Waals surface area contributed by atoms with Gasteiger partial charge in [0.1, 0.15) is 5.75 Å². The summed E-state index contributed by atoms with van der Waals surface area (Å²) in [5, 5.41) is 13.8. The Morgan fingerprint density at radius 1 is 0.964 bits per heavy atom. The van der Waals surface area contributed by atoms with Crippen LogP contribution in [-0.2, 0) is 11.2 Å². The molecule has 1 N–H and O–H groups in total. The smallest absolute Gasteiger partial charge is 0.269 e. The number of non-ortho nitro benzene ring substituents is 1. The first-order chi connectivity index (χ1) is 13.6. The van der Waals surface area contributed by atoms with E-state index in [0.29, 0.717) is 5.56 Å². The molecule has 0 aliphatic heterocycles. The van der Waals surface area contributed by atoms with Crippen molar-refractivity contribution in [3.8, 4) is 5.75 Å². The van der Waals surface area contributed by atoms with Crippen LogP contribution in [-0.4, -0.2) is 17.9 Å². The van der Waals surface area contributed by atoms with Gasteiger partial charge < -0.3 is 10.1 Å². The van der Waals surface area contributed by atoms with Crippen LogP contribution in [0.4, 0.5) is 5.69 Å². The fourth-order valence-corrected chi connectivity index (χ4v) is 2.93. The topological polar surface area (TPSA) is 81.5 Å². The third-order valence-electron chi connectivity index (χ3n) is 4.40. The molecule has 0 radical (unpaired) electrons. The van der Waals surface area contributed by atoms with E-state index in [4.69, 9.17) is 4.74 Å². The Hall–Kier alpha value is -3.67. The number of amides is 1. The summed E-state index contributed by atoms with van der Waals surface area (Å²) in [6.07, 6.45) is 0.136. The number of rotatable bonds is 7. The minimum atomic E-state index is -0.459. The normalized spacial score (nSPS) is 11.5. The van der Waals surface area contributed by atoms with Gasteiger partial charge in [0.25, 0.3) is 5.69 Å². The van der Waals surface area contributed by atoms with Gasteiger partial charge in [-0.1, -0.05) is 54.6 Å². The minimum Gasteiger partial charge on any atom is -0.497 e. The monoisotopic (exact) mass is 376 g/mol. The lowest BCUT2D eigenvalue weighted by molar-refractivity contribution is -0.384. The van der Waals surface area contributed by atoms with Gasteiger partial charge in [0.2, 0.25) is 5.91 Å². The van der Waals surface area contributed by atoms with Crippen LogP contribution in [0.2, 0.25) is 0 Å². The van der Waals surface area contributed by atoms with Gasteiger partial charge >= 0.3 is 0 Å². The third-order valence-corrected chi connectivity index (χ3v) is 4.40. The van der Waals surface area contributed by atoms with Crippen LogP contribution in [0, 0.1) is 10.1 Å². The summed E-state index contributed by atoms with van der Waals surface area (Å²) in [6, 6.07) is 22.9. The highest BCUT2D eigenvalue weighted by molar-refractivity contribution is 5.79. The zero-order valence-electron chi connectivity index (χ0n) is 15.4. The van der Waals surface area contributed by atoms with Gasteiger partial charge in [-0.25, -0.2) is 0 Å². The molecule has 1 atom stereocenters. The summed E-state index contributed by atoms with van der Waals surface area (Å²) in [6.45, 7) is 0. The molecule has 142 valence electrons. The van der Waals surface area contributed by atoms with Gasteiger partial charge in [0.05, 0.1) is 24.5 Å². The number of carbonyl (C=O) groups excluding carboxylic acids is 1. The summed E-state index contributed by atoms with van der Waals surface area (Å²) in [5.41, 5.74) is 2.61. The number of benzene rings is 3. The van der Waals surface area contributed by atoms with Gasteiger partial charge in [0.15, 0.2) is 0 Å². The van der Waals surface area contributed by atoms with Crippen molar-refractivity contribution in [1.82, 2.24) is 5.32 Å². The molecule has 0 heterocycles. The molecule has 3 aromatic rings. The second kappa shape index (κ2) is 8.81. The molecule has 1 unspecified atom stereocenters. The van der Waals surface area contributed by atoms with Gasteiger partial charge in [-0.15, -0.1) is 0 Å². The van der Waals surface area contributed by atoms with E-state index < -0.39 is 4.92 Å². The number of ether oxygens (including phenoxy) is 1. The number of nitrogens with one attached hydrogen (secondary N) is 1. The van der Waals surface area contributed by atoms with Gasteiger partial charge in [-0.3, -0.25) is 14.9 Å². The van der Waals surface area contributed by atoms with E-state index in [2.05, 4.69) is 5.32 Å². The molecular formula is C22H20N2O4. The summed E-state index contributed by atoms with van der Waals surface area (Å²) in [4.78, 5) is 22.9. The lowest BCUT2D eigenvalue weighted by atomic mass is 9.98. The van der Waals surface area contributed by atoms with E-state index in [1.807, 2.05) is 54.6 Å². The van der Waals surface area contributed by atoms with Gasteiger partial charge in [-0.2, -0.15) is 0 Å². The first kappa shape index (κ1) is 19.1. The van der Waals surface area contributed by atoms with Crippen molar-refractivity contribution < 1.29 is 14.5 Å². The molecule has 0 aliphatic rings. The molecule has 6 heteroatoms. The lowest BCUT2D eigenvalue weighted by Gasteiger charge is -2.20. The Morgan fingerprint density at radius 3 is 2.14 bits per heavy atom. The predicted octanol–water partition coefficient (Wildman–Crippen LogP) is 4.05. The highest BCUT2D eigenvalue weighted by Gasteiger charge is 2.17. The number of nitro benzene ring substituents is 1. The average molecular weight is 376 g/mol. The average Bonchev–Trinajstić information content (AvgIpc) is 2.73. The Morgan fingerprint density at radius 2 is 1.57 bits per heavy atom. The first-order valence-corrected chi connectivity index (χ1v) is 8.78. The molecule has 1 amide bonds. The molecule has 0 bridgehead atoms. The van der Waals surface area contributed by atoms with Gasteiger partial charge in [0, 0.05) is 12.1 Å². The van der Waals surface area contributed by atoms with E-state index in [1.165, 1.54) is 12.1 Å². The molecule has 0 aromatic heterocycles. The fourth-order valence-electron chi connectivity index (χ4n) is 2.93. The standard InChI is InChI=1S/C22H20N2O4/c1-28-20-13-9-18(10-14-20)22(17-5-3-2-4-6-17)23-21(25)15-16-7-11-19(12-8-16)24(26)27/h2-14,22H,15H2,1H3,(H,23,25). The molecule has 0 saturated carbocycles. The van der Waals surface area contributed by atoms with Crippen molar-refractivity contribution in [1.29, 1.82) is 0 Å². The maximum absolute atomic E-state index is 12.6.